The second kappa shape index (κ2) is 6.54. The summed E-state index contributed by atoms with van der Waals surface area (Å²) in [6.45, 7) is 3.50. The third kappa shape index (κ3) is 4.01. The predicted octanol–water partition coefficient (Wildman–Crippen LogP) is 1.43. The molecule has 1 atom stereocenters. The lowest BCUT2D eigenvalue weighted by Crippen LogP contribution is -2.37. The molecule has 3 N–H and O–H groups in total. The van der Waals surface area contributed by atoms with Crippen LogP contribution in [0, 0.1) is 5.82 Å². The van der Waals surface area contributed by atoms with E-state index < -0.39 is 17.8 Å². The summed E-state index contributed by atoms with van der Waals surface area (Å²) >= 11 is 0. The Hall–Kier alpha value is -2.17. The first kappa shape index (κ1) is 13.9. The lowest BCUT2D eigenvalue weighted by molar-refractivity contribution is -0.127. The maximum Gasteiger partial charge on any atom is 0.244 e. The zero-order valence-electron chi connectivity index (χ0n) is 9.86. The summed E-state index contributed by atoms with van der Waals surface area (Å²) in [5.74, 6) is -1.41. The predicted molar refractivity (Wildman–Crippen MR) is 65.9 cm³/mol. The molecule has 5 heteroatoms. The van der Waals surface area contributed by atoms with Crippen LogP contribution in [0.25, 0.3) is 0 Å². The second-order valence-electron chi connectivity index (χ2n) is 3.78. The summed E-state index contributed by atoms with van der Waals surface area (Å²) in [5, 5.41) is 2.50. The summed E-state index contributed by atoms with van der Waals surface area (Å²) in [6, 6.07) is 4.31. The molecule has 0 aliphatic heterocycles. The van der Waals surface area contributed by atoms with Crippen LogP contribution in [0.15, 0.2) is 36.9 Å². The van der Waals surface area contributed by atoms with Gasteiger partial charge in [-0.25, -0.2) is 4.39 Å². The van der Waals surface area contributed by atoms with Crippen molar-refractivity contribution in [2.45, 2.75) is 18.9 Å². The van der Waals surface area contributed by atoms with Crippen LogP contribution in [0.2, 0.25) is 0 Å². The van der Waals surface area contributed by atoms with Crippen molar-refractivity contribution in [2.75, 3.05) is 0 Å². The first-order valence-corrected chi connectivity index (χ1v) is 5.49. The minimum Gasteiger partial charge on any atom is -0.368 e. The Balaban J connectivity index is 2.77. The first-order chi connectivity index (χ1) is 8.54. The highest BCUT2D eigenvalue weighted by molar-refractivity contribution is 5.87. The number of benzene rings is 1. The van der Waals surface area contributed by atoms with Gasteiger partial charge < -0.3 is 11.1 Å². The van der Waals surface area contributed by atoms with Crippen LogP contribution in [0.5, 0.6) is 0 Å². The van der Waals surface area contributed by atoms with E-state index in [0.29, 0.717) is 12.0 Å². The molecule has 0 aliphatic rings. The fourth-order valence-electron chi connectivity index (χ4n) is 1.44. The minimum atomic E-state index is -0.942. The van der Waals surface area contributed by atoms with Gasteiger partial charge in [-0.3, -0.25) is 9.59 Å². The van der Waals surface area contributed by atoms with Crippen molar-refractivity contribution in [1.82, 2.24) is 5.32 Å². The van der Waals surface area contributed by atoms with Gasteiger partial charge in [-0.1, -0.05) is 18.2 Å². The molecule has 0 heterocycles. The lowest BCUT2D eigenvalue weighted by Gasteiger charge is -2.15. The molecule has 0 spiro atoms. The molecular weight excluding hydrogens is 235 g/mol. The topological polar surface area (TPSA) is 72.2 Å². The van der Waals surface area contributed by atoms with Gasteiger partial charge in [0.1, 0.15) is 11.9 Å². The number of hydrogen-bond donors (Lipinski definition) is 2. The molecule has 0 aromatic heterocycles. The highest BCUT2D eigenvalue weighted by atomic mass is 19.1. The van der Waals surface area contributed by atoms with Crippen molar-refractivity contribution in [3.63, 3.8) is 0 Å². The summed E-state index contributed by atoms with van der Waals surface area (Å²) in [6.07, 6.45) is 2.35. The van der Waals surface area contributed by atoms with E-state index in [1.54, 1.807) is 6.08 Å². The molecule has 18 heavy (non-hydrogen) atoms. The molecule has 96 valence electrons. The molecule has 1 aromatic rings. The molecule has 1 aromatic carbocycles. The van der Waals surface area contributed by atoms with Gasteiger partial charge in [0.25, 0.3) is 0 Å². The molecule has 0 unspecified atom stereocenters. The van der Waals surface area contributed by atoms with Crippen molar-refractivity contribution in [3.05, 3.63) is 48.3 Å². The van der Waals surface area contributed by atoms with Crippen LogP contribution in [0.3, 0.4) is 0 Å². The van der Waals surface area contributed by atoms with Gasteiger partial charge in [-0.05, 0) is 24.1 Å². The molecule has 1 rings (SSSR count). The van der Waals surface area contributed by atoms with E-state index in [2.05, 4.69) is 11.9 Å². The number of allylic oxidation sites excluding steroid dienone is 1. The van der Waals surface area contributed by atoms with E-state index in [0.717, 1.165) is 0 Å². The third-order valence-electron chi connectivity index (χ3n) is 2.37. The molecule has 2 amide bonds. The lowest BCUT2D eigenvalue weighted by atomic mass is 10.1. The Morgan fingerprint density at radius 3 is 2.50 bits per heavy atom. The first-order valence-electron chi connectivity index (χ1n) is 5.49. The fourth-order valence-corrected chi connectivity index (χ4v) is 1.44. The number of amides is 2. The second-order valence-corrected chi connectivity index (χ2v) is 3.78. The zero-order valence-corrected chi connectivity index (χ0v) is 9.86. The molecular formula is C13H15FN2O2. The quantitative estimate of drug-likeness (QED) is 0.750. The minimum absolute atomic E-state index is 0.231. The number of primary amides is 1. The number of carbonyl (C=O) groups excluding carboxylic acids is 2. The number of hydrogen-bond acceptors (Lipinski definition) is 2. The standard InChI is InChI=1S/C13H15FN2O2/c1-2-3-4-11(17)16-12(13(15)18)9-5-7-10(14)8-6-9/h2,5-8,12H,1,3-4H2,(H2,15,18)(H,16,17)/t12-/m0/s1. The third-order valence-corrected chi connectivity index (χ3v) is 2.37. The highest BCUT2D eigenvalue weighted by Crippen LogP contribution is 2.13. The molecule has 0 radical (unpaired) electrons. The highest BCUT2D eigenvalue weighted by Gasteiger charge is 2.19. The summed E-state index contributed by atoms with van der Waals surface area (Å²) < 4.78 is 12.8. The van der Waals surface area contributed by atoms with Crippen LogP contribution in [0.1, 0.15) is 24.4 Å². The smallest absolute Gasteiger partial charge is 0.244 e. The number of halogens is 1. The van der Waals surface area contributed by atoms with Gasteiger partial charge >= 0.3 is 0 Å². The van der Waals surface area contributed by atoms with Gasteiger partial charge in [-0.2, -0.15) is 0 Å². The normalized spacial score (nSPS) is 11.6. The van der Waals surface area contributed by atoms with Gasteiger partial charge in [0.05, 0.1) is 0 Å². The molecule has 0 bridgehead atoms. The number of nitrogens with two attached hydrogens (primary N) is 1. The van der Waals surface area contributed by atoms with E-state index >= 15 is 0 Å². The van der Waals surface area contributed by atoms with Gasteiger partial charge in [-0.15, -0.1) is 6.58 Å². The fraction of sp³-hybridized carbons (Fsp3) is 0.231. The number of carbonyl (C=O) groups is 2. The Morgan fingerprint density at radius 1 is 1.39 bits per heavy atom. The van der Waals surface area contributed by atoms with Crippen LogP contribution in [-0.2, 0) is 9.59 Å². The summed E-state index contributed by atoms with van der Waals surface area (Å²) in [5.41, 5.74) is 5.67. The average molecular weight is 250 g/mol. The zero-order chi connectivity index (χ0) is 13.5. The van der Waals surface area contributed by atoms with Crippen molar-refractivity contribution in [1.29, 1.82) is 0 Å². The van der Waals surface area contributed by atoms with E-state index in [4.69, 9.17) is 5.73 Å². The Bertz CT molecular complexity index is 443. The molecule has 0 saturated heterocycles. The van der Waals surface area contributed by atoms with Crippen LogP contribution in [-0.4, -0.2) is 11.8 Å². The average Bonchev–Trinajstić information content (AvgIpc) is 2.34. The van der Waals surface area contributed by atoms with Crippen molar-refractivity contribution in [3.8, 4) is 0 Å². The monoisotopic (exact) mass is 250 g/mol. The van der Waals surface area contributed by atoms with Crippen molar-refractivity contribution < 1.29 is 14.0 Å². The SMILES string of the molecule is C=CCCC(=O)N[C@H](C(N)=O)c1ccc(F)cc1. The molecule has 0 aliphatic carbocycles. The van der Waals surface area contributed by atoms with E-state index in [-0.39, 0.29) is 12.3 Å². The van der Waals surface area contributed by atoms with E-state index in [9.17, 15) is 14.0 Å². The Kier molecular flexibility index (Phi) is 5.05. The number of rotatable bonds is 6. The molecule has 4 nitrogen and oxygen atoms in total. The Labute approximate surface area is 105 Å². The summed E-state index contributed by atoms with van der Waals surface area (Å²) in [4.78, 5) is 22.8. The van der Waals surface area contributed by atoms with Crippen LogP contribution >= 0.6 is 0 Å². The van der Waals surface area contributed by atoms with Crippen molar-refractivity contribution >= 4 is 11.8 Å². The molecule has 0 fully saturated rings. The summed E-state index contributed by atoms with van der Waals surface area (Å²) in [7, 11) is 0. The molecule has 0 saturated carbocycles. The van der Waals surface area contributed by atoms with Gasteiger partial charge in [0.2, 0.25) is 11.8 Å². The number of nitrogens with one attached hydrogen (secondary N) is 1. The van der Waals surface area contributed by atoms with Crippen molar-refractivity contribution in [2.24, 2.45) is 5.73 Å². The van der Waals surface area contributed by atoms with Crippen LogP contribution < -0.4 is 11.1 Å². The Morgan fingerprint density at radius 2 is 2.00 bits per heavy atom. The van der Waals surface area contributed by atoms with Gasteiger partial charge in [0, 0.05) is 6.42 Å². The maximum absolute atomic E-state index is 12.8. The van der Waals surface area contributed by atoms with Crippen LogP contribution in [0.4, 0.5) is 4.39 Å². The van der Waals surface area contributed by atoms with Gasteiger partial charge in [0.15, 0.2) is 0 Å². The maximum atomic E-state index is 12.8. The van der Waals surface area contributed by atoms with E-state index in [1.807, 2.05) is 0 Å². The van der Waals surface area contributed by atoms with E-state index in [1.165, 1.54) is 24.3 Å². The largest absolute Gasteiger partial charge is 0.368 e.